The van der Waals surface area contributed by atoms with Gasteiger partial charge in [-0.3, -0.25) is 10.3 Å². The number of fused-ring (bicyclic) bond motifs is 1. The van der Waals surface area contributed by atoms with Crippen molar-refractivity contribution < 1.29 is 9.50 Å². The number of aromatic amines is 1. The van der Waals surface area contributed by atoms with Crippen LogP contribution in [0, 0.1) is 5.92 Å². The number of aryl methyl sites for hydroxylation is 1. The third-order valence-corrected chi connectivity index (χ3v) is 9.04. The lowest BCUT2D eigenvalue weighted by Crippen LogP contribution is -2.45. The van der Waals surface area contributed by atoms with Gasteiger partial charge in [-0.1, -0.05) is 19.1 Å². The van der Waals surface area contributed by atoms with Crippen molar-refractivity contribution in [3.8, 4) is 5.75 Å². The number of piperidine rings is 1. The van der Waals surface area contributed by atoms with Crippen molar-refractivity contribution in [2.75, 3.05) is 33.2 Å². The molecule has 36 heavy (non-hydrogen) atoms. The number of hydrogen-bond donors (Lipinski definition) is 4. The fourth-order valence-corrected chi connectivity index (χ4v) is 7.05. The quantitative estimate of drug-likeness (QED) is 0.510. The van der Waals surface area contributed by atoms with Crippen LogP contribution in [0.15, 0.2) is 30.5 Å². The maximum Gasteiger partial charge on any atom is 0.125 e. The van der Waals surface area contributed by atoms with Gasteiger partial charge in [0.1, 0.15) is 17.7 Å². The average Bonchev–Trinajstić information content (AvgIpc) is 3.63. The number of hydrazine groups is 1. The predicted molar refractivity (Wildman–Crippen MR) is 139 cm³/mol. The number of phenolic OH excluding ortho intramolecular Hbond substituents is 1. The molecule has 4 N–H and O–H groups in total. The van der Waals surface area contributed by atoms with Crippen LogP contribution in [-0.4, -0.2) is 76.4 Å². The molecule has 0 radical (unpaired) electrons. The van der Waals surface area contributed by atoms with Gasteiger partial charge in [-0.15, -0.1) is 0 Å². The highest BCUT2D eigenvalue weighted by molar-refractivity contribution is 5.66. The normalized spacial score (nSPS) is 33.6. The molecule has 0 amide bonds. The van der Waals surface area contributed by atoms with E-state index in [0.29, 0.717) is 6.04 Å². The molecule has 0 spiro atoms. The molecule has 2 aromatic rings. The second-order valence-electron chi connectivity index (χ2n) is 11.2. The van der Waals surface area contributed by atoms with E-state index in [1.165, 1.54) is 25.0 Å². The molecule has 1 aliphatic carbocycles. The number of H-pyrrole nitrogens is 1. The maximum atomic E-state index is 15.9. The molecule has 7 nitrogen and oxygen atoms in total. The van der Waals surface area contributed by atoms with Gasteiger partial charge >= 0.3 is 0 Å². The van der Waals surface area contributed by atoms with E-state index in [1.54, 1.807) is 12.1 Å². The Kier molecular flexibility index (Phi) is 6.62. The van der Waals surface area contributed by atoms with Crippen LogP contribution in [0.1, 0.15) is 67.2 Å². The molecule has 3 fully saturated rings. The molecule has 3 aliphatic heterocycles. The number of alkyl halides is 1. The fourth-order valence-electron chi connectivity index (χ4n) is 7.05. The third-order valence-electron chi connectivity index (χ3n) is 9.04. The molecule has 4 heterocycles. The topological polar surface area (TPSA) is 79.5 Å². The zero-order valence-corrected chi connectivity index (χ0v) is 21.4. The van der Waals surface area contributed by atoms with Crippen LogP contribution in [0.25, 0.3) is 5.57 Å². The monoisotopic (exact) mass is 494 g/mol. The van der Waals surface area contributed by atoms with E-state index in [-0.39, 0.29) is 29.7 Å². The maximum absolute atomic E-state index is 15.9. The number of rotatable bonds is 5. The van der Waals surface area contributed by atoms with Crippen LogP contribution in [-0.2, 0) is 6.42 Å². The summed E-state index contributed by atoms with van der Waals surface area (Å²) >= 11 is 0. The van der Waals surface area contributed by atoms with Gasteiger partial charge in [0.05, 0.1) is 24.0 Å². The van der Waals surface area contributed by atoms with Crippen LogP contribution in [0.3, 0.4) is 0 Å². The minimum Gasteiger partial charge on any atom is -0.508 e. The van der Waals surface area contributed by atoms with E-state index in [9.17, 15) is 5.11 Å². The van der Waals surface area contributed by atoms with Crippen LogP contribution < -0.4 is 10.9 Å². The van der Waals surface area contributed by atoms with Gasteiger partial charge in [-0.2, -0.15) is 0 Å². The van der Waals surface area contributed by atoms with E-state index in [2.05, 4.69) is 45.7 Å². The molecule has 2 saturated heterocycles. The van der Waals surface area contributed by atoms with Crippen LogP contribution in [0.4, 0.5) is 4.39 Å². The van der Waals surface area contributed by atoms with Gasteiger partial charge in [0.25, 0.3) is 0 Å². The lowest BCUT2D eigenvalue weighted by atomic mass is 9.71. The van der Waals surface area contributed by atoms with Crippen molar-refractivity contribution in [2.45, 2.75) is 69.2 Å². The number of imidazole rings is 1. The number of hydrogen-bond acceptors (Lipinski definition) is 6. The second-order valence-corrected chi connectivity index (χ2v) is 11.2. The number of likely N-dealkylation sites (N-methyl/N-ethyl adjacent to an activating group) is 1. The van der Waals surface area contributed by atoms with Gasteiger partial charge in [0, 0.05) is 37.5 Å². The van der Waals surface area contributed by atoms with E-state index in [1.807, 2.05) is 12.3 Å². The van der Waals surface area contributed by atoms with Gasteiger partial charge < -0.3 is 15.0 Å². The van der Waals surface area contributed by atoms with Gasteiger partial charge in [-0.05, 0) is 74.5 Å². The summed E-state index contributed by atoms with van der Waals surface area (Å²) in [5.41, 5.74) is 11.1. The zero-order chi connectivity index (χ0) is 24.8. The van der Waals surface area contributed by atoms with E-state index < -0.39 is 6.17 Å². The number of likely N-dealkylation sites (tertiary alicyclic amines) is 1. The number of aromatic hydroxyl groups is 1. The SMILES string of the molecule is CCc1cc(O)ccc1C1CCC2C(c3ncc(C4=CCN(C5CCCN(C)C5)C4)[nH]3)NNC2C1F. The summed E-state index contributed by atoms with van der Waals surface area (Å²) < 4.78 is 15.9. The van der Waals surface area contributed by atoms with Crippen molar-refractivity contribution in [1.82, 2.24) is 30.6 Å². The molecule has 194 valence electrons. The molecule has 1 saturated carbocycles. The summed E-state index contributed by atoms with van der Waals surface area (Å²) in [6, 6.07) is 5.72. The van der Waals surface area contributed by atoms with Gasteiger partial charge in [-0.25, -0.2) is 14.8 Å². The molecule has 8 heteroatoms. The van der Waals surface area contributed by atoms with Gasteiger partial charge in [0.2, 0.25) is 0 Å². The first-order valence-electron chi connectivity index (χ1n) is 13.7. The molecular formula is C28H39FN6O. The largest absolute Gasteiger partial charge is 0.508 e. The van der Waals surface area contributed by atoms with E-state index in [0.717, 1.165) is 61.5 Å². The molecule has 4 aliphatic rings. The summed E-state index contributed by atoms with van der Waals surface area (Å²) in [5, 5.41) is 9.88. The van der Waals surface area contributed by atoms with Crippen molar-refractivity contribution in [3.05, 3.63) is 53.1 Å². The first-order valence-corrected chi connectivity index (χ1v) is 13.7. The van der Waals surface area contributed by atoms with E-state index in [4.69, 9.17) is 4.98 Å². The molecule has 6 unspecified atom stereocenters. The summed E-state index contributed by atoms with van der Waals surface area (Å²) in [6.07, 6.45) is 8.34. The Labute approximate surface area is 213 Å². The Morgan fingerprint density at radius 2 is 2.08 bits per heavy atom. The highest BCUT2D eigenvalue weighted by Crippen LogP contribution is 2.45. The zero-order valence-electron chi connectivity index (χ0n) is 21.4. The molecule has 0 bridgehead atoms. The number of aromatic nitrogens is 2. The first-order chi connectivity index (χ1) is 17.5. The fraction of sp³-hybridized carbons (Fsp3) is 0.607. The Hall–Kier alpha value is -2.26. The highest BCUT2D eigenvalue weighted by Gasteiger charge is 2.48. The Morgan fingerprint density at radius 1 is 1.19 bits per heavy atom. The summed E-state index contributed by atoms with van der Waals surface area (Å²) in [4.78, 5) is 13.3. The second kappa shape index (κ2) is 9.89. The smallest absolute Gasteiger partial charge is 0.125 e. The average molecular weight is 495 g/mol. The Bertz CT molecular complexity index is 1120. The molecule has 1 aromatic heterocycles. The van der Waals surface area contributed by atoms with Gasteiger partial charge in [0.15, 0.2) is 0 Å². The summed E-state index contributed by atoms with van der Waals surface area (Å²) in [6.45, 7) is 6.37. The number of benzene rings is 1. The minimum atomic E-state index is -0.995. The standard InChI is InChI=1S/C28H39FN6O/c1-3-17-13-20(36)6-7-21(17)22-8-9-23-26(25(22)29)32-33-27(23)28-30-14-24(31-28)18-10-12-35(15-18)19-5-4-11-34(2)16-19/h6-7,10,13-14,19,22-23,25-27,32-33,36H,3-5,8-9,11-12,15-16H2,1-2H3,(H,30,31). The van der Waals surface area contributed by atoms with Crippen molar-refractivity contribution in [2.24, 2.45) is 5.92 Å². The first kappa shape index (κ1) is 24.1. The van der Waals surface area contributed by atoms with Crippen LogP contribution >= 0.6 is 0 Å². The van der Waals surface area contributed by atoms with Crippen molar-refractivity contribution in [3.63, 3.8) is 0 Å². The lowest BCUT2D eigenvalue weighted by molar-refractivity contribution is 0.135. The van der Waals surface area contributed by atoms with Crippen molar-refractivity contribution in [1.29, 1.82) is 0 Å². The van der Waals surface area contributed by atoms with Crippen molar-refractivity contribution >= 4 is 5.57 Å². The summed E-state index contributed by atoms with van der Waals surface area (Å²) in [7, 11) is 2.22. The molecular weight excluding hydrogens is 455 g/mol. The van der Waals surface area contributed by atoms with Crippen LogP contribution in [0.5, 0.6) is 5.75 Å². The number of halogens is 1. The Morgan fingerprint density at radius 3 is 2.92 bits per heavy atom. The van der Waals surface area contributed by atoms with E-state index >= 15 is 4.39 Å². The minimum absolute atomic E-state index is 0.0292. The third kappa shape index (κ3) is 4.38. The molecule has 1 aromatic carbocycles. The lowest BCUT2D eigenvalue weighted by Gasteiger charge is -2.36. The van der Waals surface area contributed by atoms with Crippen LogP contribution in [0.2, 0.25) is 0 Å². The predicted octanol–water partition coefficient (Wildman–Crippen LogP) is 3.52. The summed E-state index contributed by atoms with van der Waals surface area (Å²) in [5.74, 6) is 1.13. The highest BCUT2D eigenvalue weighted by atomic mass is 19.1. The molecule has 6 atom stereocenters. The number of phenols is 1. The number of nitrogens with one attached hydrogen (secondary N) is 3. The Balaban J connectivity index is 1.12. The number of nitrogens with zero attached hydrogens (tertiary/aromatic N) is 3. The molecule has 6 rings (SSSR count).